The third kappa shape index (κ3) is 10.2. The van der Waals surface area contributed by atoms with Gasteiger partial charge in [0.1, 0.15) is 23.4 Å². The summed E-state index contributed by atoms with van der Waals surface area (Å²) in [7, 11) is 0. The van der Waals surface area contributed by atoms with Gasteiger partial charge in [-0.15, -0.1) is 0 Å². The molecule has 0 aromatic heterocycles. The predicted molar refractivity (Wildman–Crippen MR) is 142 cm³/mol. The number of aliphatic hydroxyl groups is 1. The van der Waals surface area contributed by atoms with E-state index in [9.17, 15) is 24.6 Å². The fourth-order valence-electron chi connectivity index (χ4n) is 4.57. The number of nitrogens with zero attached hydrogens (tertiary/aromatic N) is 1. The molecule has 0 saturated heterocycles. The number of aliphatic hydroxyl groups excluding tert-OH is 1. The monoisotopic (exact) mass is 519 g/mol. The molecule has 0 heterocycles. The average Bonchev–Trinajstić information content (AvgIpc) is 2.84. The number of hydrogen-bond donors (Lipinski definition) is 4. The summed E-state index contributed by atoms with van der Waals surface area (Å²) in [5, 5.41) is 25.5. The number of aromatic hydroxyl groups is 1. The summed E-state index contributed by atoms with van der Waals surface area (Å²) in [5.41, 5.74) is -0.231. The lowest BCUT2D eigenvalue weighted by molar-refractivity contribution is -0.143. The van der Waals surface area contributed by atoms with E-state index in [0.717, 1.165) is 51.4 Å². The van der Waals surface area contributed by atoms with E-state index in [1.54, 1.807) is 32.9 Å². The molecule has 4 N–H and O–H groups in total. The molecule has 1 aromatic carbocycles. The molecule has 208 valence electrons. The van der Waals surface area contributed by atoms with Crippen LogP contribution in [0.3, 0.4) is 0 Å². The standard InChI is InChI=1S/C28H45N3O6/c1-5-6-7-11-18-31(26(35)23(19-32)30-27(36)37-28(2,3)4)24(20-14-16-22(33)17-15-20)25(34)29-21-12-9-8-10-13-21/h14-17,21,23-24,32-33H,5-13,18-19H2,1-4H3,(H,29,34)(H,30,36). The van der Waals surface area contributed by atoms with Crippen LogP contribution in [0.15, 0.2) is 24.3 Å². The van der Waals surface area contributed by atoms with Gasteiger partial charge in [-0.25, -0.2) is 4.79 Å². The molecular formula is C28H45N3O6. The number of phenolic OH excluding ortho intramolecular Hbond substituents is 1. The van der Waals surface area contributed by atoms with Gasteiger partial charge in [0.05, 0.1) is 6.61 Å². The SMILES string of the molecule is CCCCCCN(C(=O)C(CO)NC(=O)OC(C)(C)C)C(C(=O)NC1CCCCC1)c1ccc(O)cc1. The second-order valence-corrected chi connectivity index (χ2v) is 10.8. The van der Waals surface area contributed by atoms with E-state index in [-0.39, 0.29) is 24.2 Å². The van der Waals surface area contributed by atoms with Crippen LogP contribution in [0.4, 0.5) is 4.79 Å². The van der Waals surface area contributed by atoms with Crippen molar-refractivity contribution in [3.05, 3.63) is 29.8 Å². The number of ether oxygens (including phenoxy) is 1. The van der Waals surface area contributed by atoms with Gasteiger partial charge >= 0.3 is 6.09 Å². The molecule has 0 aliphatic heterocycles. The van der Waals surface area contributed by atoms with Crippen molar-refractivity contribution in [1.29, 1.82) is 0 Å². The van der Waals surface area contributed by atoms with Crippen molar-refractivity contribution in [3.63, 3.8) is 0 Å². The van der Waals surface area contributed by atoms with Crippen molar-refractivity contribution in [1.82, 2.24) is 15.5 Å². The van der Waals surface area contributed by atoms with Gasteiger partial charge in [0.15, 0.2) is 0 Å². The van der Waals surface area contributed by atoms with Crippen LogP contribution in [0.25, 0.3) is 0 Å². The molecule has 1 aliphatic carbocycles. The van der Waals surface area contributed by atoms with Gasteiger partial charge in [-0.1, -0.05) is 57.6 Å². The van der Waals surface area contributed by atoms with Crippen LogP contribution in [0.5, 0.6) is 5.75 Å². The number of carbonyl (C=O) groups is 3. The third-order valence-corrected chi connectivity index (χ3v) is 6.43. The fourth-order valence-corrected chi connectivity index (χ4v) is 4.57. The third-order valence-electron chi connectivity index (χ3n) is 6.43. The first-order valence-corrected chi connectivity index (χ1v) is 13.6. The Morgan fingerprint density at radius 2 is 1.70 bits per heavy atom. The smallest absolute Gasteiger partial charge is 0.408 e. The number of alkyl carbamates (subject to hydrolysis) is 1. The Morgan fingerprint density at radius 1 is 1.05 bits per heavy atom. The molecule has 0 spiro atoms. The fraction of sp³-hybridized carbons (Fsp3) is 0.679. The van der Waals surface area contributed by atoms with Gasteiger partial charge in [-0.05, 0) is 57.7 Å². The Hall–Kier alpha value is -2.81. The lowest BCUT2D eigenvalue weighted by Crippen LogP contribution is -2.55. The highest BCUT2D eigenvalue weighted by Crippen LogP contribution is 2.27. The molecular weight excluding hydrogens is 474 g/mol. The Kier molecular flexibility index (Phi) is 12.2. The summed E-state index contributed by atoms with van der Waals surface area (Å²) < 4.78 is 5.28. The molecule has 1 aromatic rings. The Balaban J connectivity index is 2.37. The highest BCUT2D eigenvalue weighted by atomic mass is 16.6. The molecule has 3 amide bonds. The van der Waals surface area contributed by atoms with Gasteiger partial charge < -0.3 is 30.5 Å². The molecule has 1 fully saturated rings. The van der Waals surface area contributed by atoms with Crippen LogP contribution in [-0.2, 0) is 14.3 Å². The van der Waals surface area contributed by atoms with Crippen LogP contribution < -0.4 is 10.6 Å². The van der Waals surface area contributed by atoms with E-state index in [2.05, 4.69) is 17.6 Å². The van der Waals surface area contributed by atoms with Gasteiger partial charge in [0.2, 0.25) is 11.8 Å². The van der Waals surface area contributed by atoms with E-state index in [4.69, 9.17) is 4.74 Å². The number of unbranched alkanes of at least 4 members (excludes halogenated alkanes) is 3. The molecule has 2 unspecified atom stereocenters. The number of carbonyl (C=O) groups excluding carboxylic acids is 3. The summed E-state index contributed by atoms with van der Waals surface area (Å²) in [6.07, 6.45) is 7.71. The van der Waals surface area contributed by atoms with E-state index in [1.165, 1.54) is 17.0 Å². The number of hydrogen-bond acceptors (Lipinski definition) is 6. The molecule has 2 rings (SSSR count). The molecule has 9 heteroatoms. The van der Waals surface area contributed by atoms with Crippen LogP contribution in [0, 0.1) is 0 Å². The topological polar surface area (TPSA) is 128 Å². The second kappa shape index (κ2) is 14.8. The molecule has 0 radical (unpaired) electrons. The predicted octanol–water partition coefficient (Wildman–Crippen LogP) is 4.18. The number of rotatable bonds is 12. The highest BCUT2D eigenvalue weighted by Gasteiger charge is 2.36. The summed E-state index contributed by atoms with van der Waals surface area (Å²) in [6.45, 7) is 6.84. The van der Waals surface area contributed by atoms with E-state index in [0.29, 0.717) is 12.0 Å². The average molecular weight is 520 g/mol. The van der Waals surface area contributed by atoms with Crippen LogP contribution in [-0.4, -0.2) is 63.9 Å². The minimum Gasteiger partial charge on any atom is -0.508 e. The number of phenols is 1. The minimum atomic E-state index is -1.27. The molecule has 1 saturated carbocycles. The van der Waals surface area contributed by atoms with Gasteiger partial charge in [-0.3, -0.25) is 9.59 Å². The summed E-state index contributed by atoms with van der Waals surface area (Å²) in [4.78, 5) is 41.3. The zero-order chi connectivity index (χ0) is 27.4. The number of benzene rings is 1. The first-order valence-electron chi connectivity index (χ1n) is 13.6. The normalized spacial score (nSPS) is 15.9. The van der Waals surface area contributed by atoms with Gasteiger partial charge in [-0.2, -0.15) is 0 Å². The lowest BCUT2D eigenvalue weighted by atomic mass is 9.94. The summed E-state index contributed by atoms with van der Waals surface area (Å²) >= 11 is 0. The van der Waals surface area contributed by atoms with Crippen molar-refractivity contribution in [2.24, 2.45) is 0 Å². The van der Waals surface area contributed by atoms with Gasteiger partial charge in [0.25, 0.3) is 0 Å². The molecule has 0 bridgehead atoms. The highest BCUT2D eigenvalue weighted by molar-refractivity contribution is 5.92. The van der Waals surface area contributed by atoms with Crippen LogP contribution in [0.2, 0.25) is 0 Å². The first-order chi connectivity index (χ1) is 17.6. The maximum Gasteiger partial charge on any atom is 0.408 e. The Labute approximate surface area is 221 Å². The summed E-state index contributed by atoms with van der Waals surface area (Å²) in [6, 6.07) is 4.00. The maximum absolute atomic E-state index is 13.8. The van der Waals surface area contributed by atoms with Gasteiger partial charge in [0, 0.05) is 12.6 Å². The number of amides is 3. The van der Waals surface area contributed by atoms with Crippen molar-refractivity contribution >= 4 is 17.9 Å². The molecule has 9 nitrogen and oxygen atoms in total. The molecule has 37 heavy (non-hydrogen) atoms. The van der Waals surface area contributed by atoms with Crippen molar-refractivity contribution in [2.45, 2.75) is 109 Å². The van der Waals surface area contributed by atoms with Crippen LogP contribution >= 0.6 is 0 Å². The first kappa shape index (κ1) is 30.4. The maximum atomic E-state index is 13.8. The van der Waals surface area contributed by atoms with E-state index in [1.807, 2.05) is 0 Å². The largest absolute Gasteiger partial charge is 0.508 e. The Bertz CT molecular complexity index is 862. The zero-order valence-electron chi connectivity index (χ0n) is 22.8. The second-order valence-electron chi connectivity index (χ2n) is 10.8. The quantitative estimate of drug-likeness (QED) is 0.307. The summed E-state index contributed by atoms with van der Waals surface area (Å²) in [5.74, 6) is -0.826. The lowest BCUT2D eigenvalue weighted by Gasteiger charge is -2.35. The van der Waals surface area contributed by atoms with Crippen molar-refractivity contribution in [2.75, 3.05) is 13.2 Å². The Morgan fingerprint density at radius 3 is 2.27 bits per heavy atom. The number of nitrogens with one attached hydrogen (secondary N) is 2. The van der Waals surface area contributed by atoms with Crippen molar-refractivity contribution in [3.8, 4) is 5.75 Å². The van der Waals surface area contributed by atoms with E-state index >= 15 is 0 Å². The minimum absolute atomic E-state index is 0.0337. The van der Waals surface area contributed by atoms with E-state index < -0.39 is 36.3 Å². The molecule has 1 aliphatic rings. The van der Waals surface area contributed by atoms with Crippen molar-refractivity contribution < 1.29 is 29.3 Å². The molecule has 2 atom stereocenters. The van der Waals surface area contributed by atoms with Crippen LogP contribution in [0.1, 0.15) is 97.1 Å². The zero-order valence-corrected chi connectivity index (χ0v) is 22.8.